The van der Waals surface area contributed by atoms with Crippen LogP contribution in [0.2, 0.25) is 0 Å². The van der Waals surface area contributed by atoms with Gasteiger partial charge in [-0.05, 0) is 0 Å². The third kappa shape index (κ3) is 71.0. The van der Waals surface area contributed by atoms with Crippen LogP contribution in [0.15, 0.2) is 0 Å². The first-order chi connectivity index (χ1) is 2.00. The quantitative estimate of drug-likeness (QED) is 0.301. The molecule has 7 heavy (non-hydrogen) atoms. The van der Waals surface area contributed by atoms with Gasteiger partial charge in [-0.15, -0.1) is 0 Å². The van der Waals surface area contributed by atoms with E-state index in [1.165, 1.54) is 0 Å². The van der Waals surface area contributed by atoms with Gasteiger partial charge in [-0.1, -0.05) is 0 Å². The predicted molar refractivity (Wildman–Crippen MR) is 16.2 cm³/mol. The Bertz CT molecular complexity index is 94.9. The average molecular weight is 284 g/mol. The third-order valence-electron chi connectivity index (χ3n) is 0. The summed E-state index contributed by atoms with van der Waals surface area (Å²) in [6, 6.07) is 0. The zero-order chi connectivity index (χ0) is 4.50. The maximum absolute atomic E-state index is 8.52. The molecule has 0 aromatic carbocycles. The van der Waals surface area contributed by atoms with Gasteiger partial charge < -0.3 is 9.11 Å². The van der Waals surface area contributed by atoms with E-state index in [1.54, 1.807) is 0 Å². The fraction of sp³-hybridized carbons (Fsp3) is 0. The first kappa shape index (κ1) is 16.0. The van der Waals surface area contributed by atoms with Crippen LogP contribution in [0.3, 0.4) is 0 Å². The minimum Gasteiger partial charge on any atom is -0.759 e. The smallest absolute Gasteiger partial charge is 0.759 e. The van der Waals surface area contributed by atoms with Gasteiger partial charge in [0.2, 0.25) is 0 Å². The molecule has 0 atom stereocenters. The molecule has 0 heterocycles. The average Bonchev–Trinajstić information content (AvgIpc) is 0.722. The van der Waals surface area contributed by atoms with Crippen molar-refractivity contribution in [1.82, 2.24) is 0 Å². The molecule has 0 aromatic rings. The number of hydrogen-bond acceptors (Lipinski definition) is 4. The Morgan fingerprint density at radius 1 is 1.14 bits per heavy atom. The molecule has 0 unspecified atom stereocenters. The molecule has 1 radical (unpaired) electrons. The van der Waals surface area contributed by atoms with Crippen molar-refractivity contribution in [3.8, 4) is 0 Å². The second-order valence-corrected chi connectivity index (χ2v) is 1.22. The summed E-state index contributed by atoms with van der Waals surface area (Å²) in [6.07, 6.45) is 0. The molecule has 37 valence electrons. The summed E-state index contributed by atoms with van der Waals surface area (Å²) in [5.74, 6) is 0. The largest absolute Gasteiger partial charge is 2.00 e. The molecule has 0 saturated carbocycles. The van der Waals surface area contributed by atoms with Crippen LogP contribution in [-0.4, -0.2) is 66.4 Å². The van der Waals surface area contributed by atoms with Crippen molar-refractivity contribution in [3.05, 3.63) is 0 Å². The van der Waals surface area contributed by atoms with E-state index < -0.39 is 10.4 Å². The molecule has 0 aliphatic carbocycles. The van der Waals surface area contributed by atoms with Crippen molar-refractivity contribution in [3.63, 3.8) is 0 Å². The maximum atomic E-state index is 8.52. The van der Waals surface area contributed by atoms with Crippen LogP contribution in [0.5, 0.6) is 0 Å². The minimum atomic E-state index is -5.17. The van der Waals surface area contributed by atoms with Crippen molar-refractivity contribution in [2.75, 3.05) is 0 Å². The van der Waals surface area contributed by atoms with Gasteiger partial charge in [0, 0.05) is 29.0 Å². The second kappa shape index (κ2) is 6.15. The van der Waals surface area contributed by atoms with Crippen LogP contribution in [-0.2, 0) is 29.0 Å². The maximum Gasteiger partial charge on any atom is 2.00 e. The summed E-state index contributed by atoms with van der Waals surface area (Å²) < 4.78 is 34.1. The Hall–Kier alpha value is 2.03. The van der Waals surface area contributed by atoms with Crippen molar-refractivity contribution in [2.45, 2.75) is 0 Å². The van der Waals surface area contributed by atoms with Gasteiger partial charge in [0.05, 0.1) is 0 Å². The van der Waals surface area contributed by atoms with Gasteiger partial charge in [-0.3, -0.25) is 8.42 Å². The van der Waals surface area contributed by atoms with Gasteiger partial charge in [-0.25, -0.2) is 0 Å². The van der Waals surface area contributed by atoms with Crippen molar-refractivity contribution in [2.24, 2.45) is 0 Å². The molecule has 0 N–H and O–H groups in total. The van der Waals surface area contributed by atoms with E-state index in [4.69, 9.17) is 17.5 Å². The Kier molecular flexibility index (Phi) is 14.1. The molecule has 0 spiro atoms. The molecule has 7 heteroatoms. The molecular weight excluding hydrogens is 284 g/mol. The molecule has 0 rings (SSSR count). The van der Waals surface area contributed by atoms with E-state index in [2.05, 4.69) is 0 Å². The second-order valence-electron chi connectivity index (χ2n) is 0.408. The Labute approximate surface area is 93.6 Å². The van der Waals surface area contributed by atoms with Crippen LogP contribution < -0.4 is 0 Å². The normalized spacial score (nSPS) is 8.29. The van der Waals surface area contributed by atoms with E-state index >= 15 is 0 Å². The van der Waals surface area contributed by atoms with Crippen molar-refractivity contribution < 1.29 is 36.1 Å². The topological polar surface area (TPSA) is 80.3 Å². The number of rotatable bonds is 0. The fourth-order valence-electron chi connectivity index (χ4n) is 0. The zero-order valence-corrected chi connectivity index (χ0v) is 9.85. The summed E-state index contributed by atoms with van der Waals surface area (Å²) in [6.45, 7) is 0. The van der Waals surface area contributed by atoms with E-state index in [-0.39, 0.29) is 67.4 Å². The van der Waals surface area contributed by atoms with E-state index in [0.29, 0.717) is 0 Å². The number of hydrogen-bond donors (Lipinski definition) is 0. The Morgan fingerprint density at radius 3 is 1.14 bits per heavy atom. The Balaban J connectivity index is -0.0000000800. The summed E-state index contributed by atoms with van der Waals surface area (Å²) in [5.41, 5.74) is 0. The summed E-state index contributed by atoms with van der Waals surface area (Å²) in [5, 5.41) is 0. The van der Waals surface area contributed by atoms with E-state index in [0.717, 1.165) is 0 Å². The first-order valence-corrected chi connectivity index (χ1v) is 2.00. The van der Waals surface area contributed by atoms with Crippen LogP contribution in [0, 0.1) is 0 Å². The molecule has 0 fully saturated rings. The SMILES string of the molecule is O=S(=O)([O-])[O-].[Ba+2].[V]. The van der Waals surface area contributed by atoms with E-state index in [1.807, 2.05) is 0 Å². The van der Waals surface area contributed by atoms with Gasteiger partial charge in [0.1, 0.15) is 0 Å². The first-order valence-electron chi connectivity index (χ1n) is 0.667. The third-order valence-corrected chi connectivity index (χ3v) is 0. The van der Waals surface area contributed by atoms with Gasteiger partial charge >= 0.3 is 48.9 Å². The standard InChI is InChI=1S/Ba.H2O4S.V/c;1-5(2,3)4;/h;(H2,1,2,3,4);/q+2;;/p-2. The van der Waals surface area contributed by atoms with Crippen LogP contribution in [0.4, 0.5) is 0 Å². The fourth-order valence-corrected chi connectivity index (χ4v) is 0. The molecular formula is BaO4SV. The van der Waals surface area contributed by atoms with Gasteiger partial charge in [-0.2, -0.15) is 0 Å². The summed E-state index contributed by atoms with van der Waals surface area (Å²) >= 11 is 0. The minimum absolute atomic E-state index is 0. The molecule has 0 amide bonds. The van der Waals surface area contributed by atoms with Gasteiger partial charge in [0.15, 0.2) is 0 Å². The van der Waals surface area contributed by atoms with Crippen molar-refractivity contribution in [1.29, 1.82) is 0 Å². The zero-order valence-electron chi connectivity index (χ0n) is 3.20. The van der Waals surface area contributed by atoms with Crippen LogP contribution >= 0.6 is 0 Å². The molecule has 0 aliphatic rings. The molecule has 0 aromatic heterocycles. The summed E-state index contributed by atoms with van der Waals surface area (Å²) in [4.78, 5) is 0. The molecule has 0 saturated heterocycles. The summed E-state index contributed by atoms with van der Waals surface area (Å²) in [7, 11) is -5.17. The van der Waals surface area contributed by atoms with Crippen LogP contribution in [0.25, 0.3) is 0 Å². The van der Waals surface area contributed by atoms with E-state index in [9.17, 15) is 0 Å². The molecule has 0 bridgehead atoms. The van der Waals surface area contributed by atoms with Gasteiger partial charge in [0.25, 0.3) is 0 Å². The predicted octanol–water partition coefficient (Wildman–Crippen LogP) is -1.72. The molecule has 4 nitrogen and oxygen atoms in total. The van der Waals surface area contributed by atoms with Crippen LogP contribution in [0.1, 0.15) is 0 Å². The monoisotopic (exact) mass is 285 g/mol. The van der Waals surface area contributed by atoms with Crippen molar-refractivity contribution >= 4 is 59.3 Å². The molecule has 0 aliphatic heterocycles. The Morgan fingerprint density at radius 2 is 1.14 bits per heavy atom.